The molecular weight excluding hydrogens is 453 g/mol. The van der Waals surface area contributed by atoms with E-state index in [2.05, 4.69) is 22.6 Å². The van der Waals surface area contributed by atoms with Crippen molar-refractivity contribution < 1.29 is 18.3 Å². The SMILES string of the molecule is COC1=C(I)CN(C)C=C1c1cc(N)ccc1Oc1ccc(F)cc1F. The van der Waals surface area contributed by atoms with Crippen LogP contribution < -0.4 is 10.5 Å². The molecule has 0 atom stereocenters. The number of methoxy groups -OCH3 is 1. The Labute approximate surface area is 164 Å². The number of anilines is 1. The maximum absolute atomic E-state index is 14.0. The molecule has 2 aromatic carbocycles. The minimum atomic E-state index is -0.778. The standard InChI is InChI=1S/C19H17F2IN2O2/c1-24-9-14(19(25-2)16(22)10-24)13-8-12(23)4-6-17(13)26-18-5-3-11(20)7-15(18)21/h3-9H,10,23H2,1-2H3. The summed E-state index contributed by atoms with van der Waals surface area (Å²) in [4.78, 5) is 2.01. The fourth-order valence-electron chi connectivity index (χ4n) is 2.70. The van der Waals surface area contributed by atoms with Crippen LogP contribution in [0.4, 0.5) is 14.5 Å². The monoisotopic (exact) mass is 470 g/mol. The number of ether oxygens (including phenoxy) is 2. The molecule has 0 saturated heterocycles. The van der Waals surface area contributed by atoms with Gasteiger partial charge >= 0.3 is 0 Å². The van der Waals surface area contributed by atoms with Gasteiger partial charge in [-0.1, -0.05) is 0 Å². The number of halogens is 3. The lowest BCUT2D eigenvalue weighted by molar-refractivity contribution is 0.301. The highest BCUT2D eigenvalue weighted by Crippen LogP contribution is 2.40. The largest absolute Gasteiger partial charge is 0.495 e. The molecule has 7 heteroatoms. The highest BCUT2D eigenvalue weighted by atomic mass is 127. The summed E-state index contributed by atoms with van der Waals surface area (Å²) >= 11 is 2.23. The summed E-state index contributed by atoms with van der Waals surface area (Å²) in [6, 6.07) is 8.24. The molecule has 26 heavy (non-hydrogen) atoms. The van der Waals surface area contributed by atoms with Crippen LogP contribution in [-0.2, 0) is 4.74 Å². The van der Waals surface area contributed by atoms with Crippen LogP contribution in [0.15, 0.2) is 51.9 Å². The Bertz CT molecular complexity index is 912. The first kappa shape index (κ1) is 18.5. The highest BCUT2D eigenvalue weighted by molar-refractivity contribution is 14.1. The number of nitrogens with two attached hydrogens (primary N) is 1. The van der Waals surface area contributed by atoms with Gasteiger partial charge in [0.1, 0.15) is 17.3 Å². The van der Waals surface area contributed by atoms with Gasteiger partial charge in [-0.2, -0.15) is 0 Å². The highest BCUT2D eigenvalue weighted by Gasteiger charge is 2.23. The lowest BCUT2D eigenvalue weighted by Crippen LogP contribution is -2.19. The van der Waals surface area contributed by atoms with E-state index in [-0.39, 0.29) is 5.75 Å². The summed E-state index contributed by atoms with van der Waals surface area (Å²) in [7, 11) is 3.54. The topological polar surface area (TPSA) is 47.7 Å². The van der Waals surface area contributed by atoms with Gasteiger partial charge in [-0.05, 0) is 52.9 Å². The van der Waals surface area contributed by atoms with Crippen LogP contribution in [-0.4, -0.2) is 25.6 Å². The molecule has 0 spiro atoms. The Morgan fingerprint density at radius 2 is 1.85 bits per heavy atom. The van der Waals surface area contributed by atoms with Crippen LogP contribution in [0.5, 0.6) is 11.5 Å². The minimum Gasteiger partial charge on any atom is -0.495 e. The Balaban J connectivity index is 2.09. The van der Waals surface area contributed by atoms with Crippen molar-refractivity contribution in [1.82, 2.24) is 4.90 Å². The third-order valence-electron chi connectivity index (χ3n) is 3.84. The quantitative estimate of drug-likeness (QED) is 0.510. The van der Waals surface area contributed by atoms with E-state index in [9.17, 15) is 8.78 Å². The van der Waals surface area contributed by atoms with Gasteiger partial charge in [0, 0.05) is 36.1 Å². The number of allylic oxidation sites excluding steroid dienone is 1. The van der Waals surface area contributed by atoms with Gasteiger partial charge in [-0.15, -0.1) is 0 Å². The maximum atomic E-state index is 14.0. The summed E-state index contributed by atoms with van der Waals surface area (Å²) in [6.07, 6.45) is 1.92. The zero-order valence-corrected chi connectivity index (χ0v) is 16.4. The zero-order valence-electron chi connectivity index (χ0n) is 14.2. The van der Waals surface area contributed by atoms with Crippen molar-refractivity contribution in [1.29, 1.82) is 0 Å². The summed E-state index contributed by atoms with van der Waals surface area (Å²) < 4.78 is 39.5. The van der Waals surface area contributed by atoms with E-state index >= 15 is 0 Å². The van der Waals surface area contributed by atoms with E-state index in [1.807, 2.05) is 18.1 Å². The van der Waals surface area contributed by atoms with Crippen molar-refractivity contribution in [2.24, 2.45) is 0 Å². The molecule has 0 fully saturated rings. The fourth-order valence-corrected chi connectivity index (χ4v) is 3.75. The second-order valence-electron chi connectivity index (χ2n) is 5.83. The fraction of sp³-hybridized carbons (Fsp3) is 0.158. The molecule has 0 aromatic heterocycles. The van der Waals surface area contributed by atoms with Crippen molar-refractivity contribution in [2.45, 2.75) is 0 Å². The molecule has 1 aliphatic heterocycles. The van der Waals surface area contributed by atoms with E-state index < -0.39 is 11.6 Å². The minimum absolute atomic E-state index is 0.0696. The van der Waals surface area contributed by atoms with Crippen molar-refractivity contribution in [3.8, 4) is 11.5 Å². The van der Waals surface area contributed by atoms with Gasteiger partial charge in [0.2, 0.25) is 0 Å². The molecule has 3 rings (SSSR count). The molecule has 0 unspecified atom stereocenters. The van der Waals surface area contributed by atoms with Gasteiger partial charge < -0.3 is 20.1 Å². The molecular formula is C19H17F2IN2O2. The van der Waals surface area contributed by atoms with Crippen molar-refractivity contribution in [3.05, 3.63) is 69.1 Å². The Morgan fingerprint density at radius 3 is 2.54 bits per heavy atom. The first-order chi connectivity index (χ1) is 12.4. The normalized spacial score (nSPS) is 14.3. The second-order valence-corrected chi connectivity index (χ2v) is 7.13. The predicted molar refractivity (Wildman–Crippen MR) is 106 cm³/mol. The molecule has 1 aliphatic rings. The molecule has 0 amide bonds. The van der Waals surface area contributed by atoms with Gasteiger partial charge in [0.05, 0.1) is 17.2 Å². The third-order valence-corrected chi connectivity index (χ3v) is 4.67. The van der Waals surface area contributed by atoms with Crippen LogP contribution in [0.1, 0.15) is 5.56 Å². The molecule has 0 saturated carbocycles. The Morgan fingerprint density at radius 1 is 1.12 bits per heavy atom. The van der Waals surface area contributed by atoms with E-state index in [1.54, 1.807) is 25.3 Å². The van der Waals surface area contributed by atoms with Gasteiger partial charge in [0.15, 0.2) is 11.6 Å². The van der Waals surface area contributed by atoms with Gasteiger partial charge in [-0.3, -0.25) is 0 Å². The molecule has 1 heterocycles. The molecule has 0 bridgehead atoms. The first-order valence-corrected chi connectivity index (χ1v) is 8.84. The number of hydrogen-bond acceptors (Lipinski definition) is 4. The van der Waals surface area contributed by atoms with E-state index in [0.29, 0.717) is 22.8 Å². The third kappa shape index (κ3) is 3.77. The van der Waals surface area contributed by atoms with E-state index in [0.717, 1.165) is 27.8 Å². The van der Waals surface area contributed by atoms with Crippen LogP contribution in [0.2, 0.25) is 0 Å². The number of hydrogen-bond donors (Lipinski definition) is 1. The molecule has 0 radical (unpaired) electrons. The van der Waals surface area contributed by atoms with Crippen LogP contribution >= 0.6 is 22.6 Å². The van der Waals surface area contributed by atoms with Gasteiger partial charge in [-0.25, -0.2) is 8.78 Å². The summed E-state index contributed by atoms with van der Waals surface area (Å²) in [5.74, 6) is -0.411. The predicted octanol–water partition coefficient (Wildman–Crippen LogP) is 4.92. The molecule has 2 N–H and O–H groups in total. The van der Waals surface area contributed by atoms with Crippen LogP contribution in [0, 0.1) is 11.6 Å². The summed E-state index contributed by atoms with van der Waals surface area (Å²) in [5.41, 5.74) is 7.92. The first-order valence-electron chi connectivity index (χ1n) is 7.77. The smallest absolute Gasteiger partial charge is 0.168 e. The van der Waals surface area contributed by atoms with Crippen LogP contribution in [0.25, 0.3) is 5.57 Å². The van der Waals surface area contributed by atoms with Crippen LogP contribution in [0.3, 0.4) is 0 Å². The molecule has 4 nitrogen and oxygen atoms in total. The molecule has 2 aromatic rings. The second kappa shape index (κ2) is 7.53. The number of rotatable bonds is 4. The number of benzene rings is 2. The van der Waals surface area contributed by atoms with Crippen molar-refractivity contribution in [2.75, 3.05) is 26.4 Å². The summed E-state index contributed by atoms with van der Waals surface area (Å²) in [6.45, 7) is 0.721. The number of likely N-dealkylation sites (N-methyl/N-ethyl adjacent to an activating group) is 1. The van der Waals surface area contributed by atoms with E-state index in [1.165, 1.54) is 6.07 Å². The molecule has 136 valence electrons. The number of nitrogen functional groups attached to an aromatic ring is 1. The average Bonchev–Trinajstić information content (AvgIpc) is 2.58. The maximum Gasteiger partial charge on any atom is 0.168 e. The number of nitrogens with zero attached hydrogens (tertiary/aromatic N) is 1. The molecule has 0 aliphatic carbocycles. The van der Waals surface area contributed by atoms with E-state index in [4.69, 9.17) is 15.2 Å². The van der Waals surface area contributed by atoms with Crippen molar-refractivity contribution >= 4 is 33.9 Å². The zero-order chi connectivity index (χ0) is 18.8. The lowest BCUT2D eigenvalue weighted by atomic mass is 10.0. The van der Waals surface area contributed by atoms with Crippen molar-refractivity contribution in [3.63, 3.8) is 0 Å². The Hall–Kier alpha value is -2.29. The lowest BCUT2D eigenvalue weighted by Gasteiger charge is -2.26. The Kier molecular flexibility index (Phi) is 5.36. The van der Waals surface area contributed by atoms with Gasteiger partial charge in [0.25, 0.3) is 0 Å². The summed E-state index contributed by atoms with van der Waals surface area (Å²) in [5, 5.41) is 0. The average molecular weight is 470 g/mol.